The van der Waals surface area contributed by atoms with Crippen LogP contribution in [0.15, 0.2) is 53.6 Å². The number of aryl methyl sites for hydroxylation is 2. The molecule has 3 nitrogen and oxygen atoms in total. The van der Waals surface area contributed by atoms with Crippen LogP contribution < -0.4 is 4.74 Å². The first-order valence-corrected chi connectivity index (χ1v) is 9.29. The highest BCUT2D eigenvalue weighted by atomic mass is 32.2. The zero-order chi connectivity index (χ0) is 17.8. The van der Waals surface area contributed by atoms with E-state index in [2.05, 4.69) is 38.1 Å². The fourth-order valence-electron chi connectivity index (χ4n) is 2.70. The van der Waals surface area contributed by atoms with Gasteiger partial charge in [0.05, 0.1) is 18.4 Å². The smallest absolute Gasteiger partial charge is 0.173 e. The standard InChI is InChI=1S/C21H21NO2S/c1-4-15-11-16-9-8-14(2)10-19(16)22-21(15)25-13-20(23)17-6-5-7-18(12-17)24-3/h5-12H,4,13H2,1-3H3. The molecule has 0 spiro atoms. The number of aromatic nitrogens is 1. The minimum atomic E-state index is 0.0806. The average molecular weight is 351 g/mol. The topological polar surface area (TPSA) is 39.2 Å². The Morgan fingerprint density at radius 2 is 2.00 bits per heavy atom. The molecule has 25 heavy (non-hydrogen) atoms. The van der Waals surface area contributed by atoms with E-state index in [1.807, 2.05) is 18.2 Å². The first-order chi connectivity index (χ1) is 12.1. The molecule has 0 radical (unpaired) electrons. The van der Waals surface area contributed by atoms with Gasteiger partial charge in [0.25, 0.3) is 0 Å². The summed E-state index contributed by atoms with van der Waals surface area (Å²) in [4.78, 5) is 17.3. The summed E-state index contributed by atoms with van der Waals surface area (Å²) >= 11 is 1.51. The van der Waals surface area contributed by atoms with E-state index in [9.17, 15) is 4.79 Å². The zero-order valence-corrected chi connectivity index (χ0v) is 15.5. The predicted molar refractivity (Wildman–Crippen MR) is 104 cm³/mol. The van der Waals surface area contributed by atoms with Crippen LogP contribution in [0.3, 0.4) is 0 Å². The number of rotatable bonds is 6. The largest absolute Gasteiger partial charge is 0.497 e. The number of fused-ring (bicyclic) bond motifs is 1. The summed E-state index contributed by atoms with van der Waals surface area (Å²) in [6.07, 6.45) is 0.895. The lowest BCUT2D eigenvalue weighted by Gasteiger charge is -2.09. The summed E-state index contributed by atoms with van der Waals surface area (Å²) in [5.41, 5.74) is 4.02. The van der Waals surface area contributed by atoms with E-state index >= 15 is 0 Å². The fourth-order valence-corrected chi connectivity index (χ4v) is 3.68. The molecule has 4 heteroatoms. The highest BCUT2D eigenvalue weighted by Crippen LogP contribution is 2.27. The van der Waals surface area contributed by atoms with Crippen molar-refractivity contribution in [1.29, 1.82) is 0 Å². The van der Waals surface area contributed by atoms with Gasteiger partial charge in [-0.15, -0.1) is 0 Å². The molecular formula is C21H21NO2S. The lowest BCUT2D eigenvalue weighted by Crippen LogP contribution is -2.04. The quantitative estimate of drug-likeness (QED) is 0.458. The number of nitrogens with zero attached hydrogens (tertiary/aromatic N) is 1. The summed E-state index contributed by atoms with van der Waals surface area (Å²) in [6.45, 7) is 4.18. The Balaban J connectivity index is 1.83. The van der Waals surface area contributed by atoms with Crippen molar-refractivity contribution in [2.45, 2.75) is 25.3 Å². The van der Waals surface area contributed by atoms with Gasteiger partial charge in [-0.3, -0.25) is 4.79 Å². The first kappa shape index (κ1) is 17.5. The third kappa shape index (κ3) is 4.02. The molecule has 2 aromatic carbocycles. The number of thioether (sulfide) groups is 1. The van der Waals surface area contributed by atoms with Crippen molar-refractivity contribution in [2.24, 2.45) is 0 Å². The molecule has 128 valence electrons. The van der Waals surface area contributed by atoms with Crippen molar-refractivity contribution >= 4 is 28.4 Å². The predicted octanol–water partition coefficient (Wildman–Crippen LogP) is 5.09. The number of hydrogen-bond acceptors (Lipinski definition) is 4. The van der Waals surface area contributed by atoms with Crippen LogP contribution in [0.5, 0.6) is 5.75 Å². The number of methoxy groups -OCH3 is 1. The van der Waals surface area contributed by atoms with Gasteiger partial charge in [-0.2, -0.15) is 0 Å². The van der Waals surface area contributed by atoms with Gasteiger partial charge in [0.15, 0.2) is 5.78 Å². The molecule has 0 atom stereocenters. The summed E-state index contributed by atoms with van der Waals surface area (Å²) in [6, 6.07) is 15.7. The van der Waals surface area contributed by atoms with Crippen molar-refractivity contribution in [3.05, 3.63) is 65.2 Å². The second-order valence-electron chi connectivity index (χ2n) is 5.95. The van der Waals surface area contributed by atoms with Gasteiger partial charge in [-0.1, -0.05) is 43.0 Å². The molecule has 0 saturated carbocycles. The minimum absolute atomic E-state index is 0.0806. The zero-order valence-electron chi connectivity index (χ0n) is 14.7. The Hall–Kier alpha value is -2.33. The summed E-state index contributed by atoms with van der Waals surface area (Å²) in [5.74, 6) is 1.14. The van der Waals surface area contributed by atoms with E-state index in [4.69, 9.17) is 9.72 Å². The Kier molecular flexibility index (Phi) is 5.39. The maximum atomic E-state index is 12.5. The SMILES string of the molecule is CCc1cc2ccc(C)cc2nc1SCC(=O)c1cccc(OC)c1. The first-order valence-electron chi connectivity index (χ1n) is 8.31. The molecule has 0 N–H and O–H groups in total. The Morgan fingerprint density at radius 1 is 1.16 bits per heavy atom. The minimum Gasteiger partial charge on any atom is -0.497 e. The van der Waals surface area contributed by atoms with Crippen LogP contribution >= 0.6 is 11.8 Å². The van der Waals surface area contributed by atoms with Gasteiger partial charge < -0.3 is 4.74 Å². The van der Waals surface area contributed by atoms with Crippen LogP contribution in [0.4, 0.5) is 0 Å². The molecule has 0 saturated heterocycles. The van der Waals surface area contributed by atoms with Crippen molar-refractivity contribution < 1.29 is 9.53 Å². The van der Waals surface area contributed by atoms with E-state index in [1.54, 1.807) is 13.2 Å². The number of pyridine rings is 1. The molecule has 0 fully saturated rings. The molecule has 3 rings (SSSR count). The van der Waals surface area contributed by atoms with Gasteiger partial charge in [0.1, 0.15) is 10.8 Å². The molecule has 1 aromatic heterocycles. The highest BCUT2D eigenvalue weighted by Gasteiger charge is 2.12. The van der Waals surface area contributed by atoms with Crippen molar-refractivity contribution in [3.8, 4) is 5.75 Å². The van der Waals surface area contributed by atoms with Gasteiger partial charge >= 0.3 is 0 Å². The van der Waals surface area contributed by atoms with E-state index in [0.717, 1.165) is 22.3 Å². The van der Waals surface area contributed by atoms with Crippen LogP contribution in [0.2, 0.25) is 0 Å². The Morgan fingerprint density at radius 3 is 2.76 bits per heavy atom. The normalized spacial score (nSPS) is 10.8. The lowest BCUT2D eigenvalue weighted by atomic mass is 10.1. The van der Waals surface area contributed by atoms with Crippen LogP contribution in [0.1, 0.15) is 28.4 Å². The molecule has 0 aliphatic heterocycles. The van der Waals surface area contributed by atoms with Crippen molar-refractivity contribution in [3.63, 3.8) is 0 Å². The molecule has 1 heterocycles. The molecule has 0 aliphatic rings. The van der Waals surface area contributed by atoms with Crippen molar-refractivity contribution in [1.82, 2.24) is 4.98 Å². The van der Waals surface area contributed by atoms with Gasteiger partial charge in [-0.05, 0) is 48.7 Å². The number of ether oxygens (including phenoxy) is 1. The number of hydrogen-bond donors (Lipinski definition) is 0. The van der Waals surface area contributed by atoms with E-state index < -0.39 is 0 Å². The summed E-state index contributed by atoms with van der Waals surface area (Å²) in [7, 11) is 1.60. The molecule has 0 amide bonds. The summed E-state index contributed by atoms with van der Waals surface area (Å²) in [5, 5.41) is 2.09. The van der Waals surface area contributed by atoms with Crippen LogP contribution in [-0.2, 0) is 6.42 Å². The molecule has 0 unspecified atom stereocenters. The maximum Gasteiger partial charge on any atom is 0.173 e. The Bertz CT molecular complexity index is 921. The third-order valence-electron chi connectivity index (χ3n) is 4.12. The van der Waals surface area contributed by atoms with E-state index in [0.29, 0.717) is 17.1 Å². The Labute approximate surface area is 152 Å². The van der Waals surface area contributed by atoms with E-state index in [-0.39, 0.29) is 5.78 Å². The fraction of sp³-hybridized carbons (Fsp3) is 0.238. The van der Waals surface area contributed by atoms with Gasteiger partial charge in [0.2, 0.25) is 0 Å². The van der Waals surface area contributed by atoms with Crippen LogP contribution in [0.25, 0.3) is 10.9 Å². The van der Waals surface area contributed by atoms with Crippen LogP contribution in [0, 0.1) is 6.92 Å². The maximum absolute atomic E-state index is 12.5. The molecule has 0 aliphatic carbocycles. The third-order valence-corrected chi connectivity index (χ3v) is 5.16. The summed E-state index contributed by atoms with van der Waals surface area (Å²) < 4.78 is 5.19. The second kappa shape index (κ2) is 7.70. The second-order valence-corrected chi connectivity index (χ2v) is 6.91. The van der Waals surface area contributed by atoms with Gasteiger partial charge in [-0.25, -0.2) is 4.98 Å². The number of benzene rings is 2. The van der Waals surface area contributed by atoms with Gasteiger partial charge in [0, 0.05) is 10.9 Å². The lowest BCUT2D eigenvalue weighted by molar-refractivity contribution is 0.102. The highest BCUT2D eigenvalue weighted by molar-refractivity contribution is 8.00. The number of Topliss-reactive ketones (excluding diaryl/α,β-unsaturated/α-hetero) is 1. The van der Waals surface area contributed by atoms with Crippen LogP contribution in [-0.4, -0.2) is 23.6 Å². The average Bonchev–Trinajstić information content (AvgIpc) is 2.65. The number of ketones is 1. The molecule has 0 bridgehead atoms. The number of carbonyl (C=O) groups excluding carboxylic acids is 1. The molecular weight excluding hydrogens is 330 g/mol. The number of carbonyl (C=O) groups is 1. The van der Waals surface area contributed by atoms with E-state index in [1.165, 1.54) is 22.9 Å². The monoisotopic (exact) mass is 351 g/mol. The van der Waals surface area contributed by atoms with Crippen molar-refractivity contribution in [2.75, 3.05) is 12.9 Å². The molecule has 3 aromatic rings.